The Balaban J connectivity index is 2.34. The first-order valence-electron chi connectivity index (χ1n) is 6.58. The van der Waals surface area contributed by atoms with Crippen LogP contribution in [0.3, 0.4) is 0 Å². The van der Waals surface area contributed by atoms with Gasteiger partial charge in [0.1, 0.15) is 0 Å². The Morgan fingerprint density at radius 2 is 1.62 bits per heavy atom. The summed E-state index contributed by atoms with van der Waals surface area (Å²) in [5.74, 6) is 0.243. The summed E-state index contributed by atoms with van der Waals surface area (Å²) in [5.41, 5.74) is -0.506. The lowest BCUT2D eigenvalue weighted by atomic mass is 9.50. The SMILES string of the molecule is CC1(C)C[C@@H](O)[C@]2(C)CCC[C@](C)(O)[C@H]2C1. The maximum absolute atomic E-state index is 10.6. The van der Waals surface area contributed by atoms with Crippen molar-refractivity contribution in [2.24, 2.45) is 16.7 Å². The summed E-state index contributed by atoms with van der Waals surface area (Å²) in [7, 11) is 0. The molecule has 0 amide bonds. The van der Waals surface area contributed by atoms with E-state index in [1.807, 2.05) is 6.92 Å². The van der Waals surface area contributed by atoms with Crippen molar-refractivity contribution in [2.45, 2.75) is 71.5 Å². The van der Waals surface area contributed by atoms with Gasteiger partial charge in [0.05, 0.1) is 11.7 Å². The van der Waals surface area contributed by atoms with E-state index in [0.717, 1.165) is 32.1 Å². The molecule has 4 atom stereocenters. The molecule has 2 rings (SSSR count). The van der Waals surface area contributed by atoms with Gasteiger partial charge in [0.15, 0.2) is 0 Å². The molecule has 0 radical (unpaired) electrons. The fourth-order valence-corrected chi connectivity index (χ4v) is 4.13. The maximum atomic E-state index is 10.6. The smallest absolute Gasteiger partial charge is 0.0654 e. The topological polar surface area (TPSA) is 40.5 Å². The second kappa shape index (κ2) is 3.46. The number of hydrogen-bond acceptors (Lipinski definition) is 2. The largest absolute Gasteiger partial charge is 0.393 e. The van der Waals surface area contributed by atoms with Crippen LogP contribution in [0.2, 0.25) is 0 Å². The molecule has 0 aromatic rings. The predicted molar refractivity (Wildman–Crippen MR) is 65.1 cm³/mol. The molecule has 0 spiro atoms. The molecule has 2 N–H and O–H groups in total. The monoisotopic (exact) mass is 226 g/mol. The van der Waals surface area contributed by atoms with Crippen molar-refractivity contribution in [3.63, 3.8) is 0 Å². The van der Waals surface area contributed by atoms with Crippen LogP contribution in [0, 0.1) is 16.7 Å². The molecule has 94 valence electrons. The van der Waals surface area contributed by atoms with Gasteiger partial charge in [-0.15, -0.1) is 0 Å². The van der Waals surface area contributed by atoms with E-state index < -0.39 is 5.60 Å². The minimum Gasteiger partial charge on any atom is -0.393 e. The van der Waals surface area contributed by atoms with Crippen LogP contribution in [0.1, 0.15) is 59.8 Å². The average Bonchev–Trinajstić information content (AvgIpc) is 2.09. The van der Waals surface area contributed by atoms with Crippen molar-refractivity contribution >= 4 is 0 Å². The first-order valence-corrected chi connectivity index (χ1v) is 6.58. The van der Waals surface area contributed by atoms with Crippen molar-refractivity contribution in [1.29, 1.82) is 0 Å². The maximum Gasteiger partial charge on any atom is 0.0654 e. The molecule has 0 bridgehead atoms. The van der Waals surface area contributed by atoms with E-state index in [9.17, 15) is 10.2 Å². The van der Waals surface area contributed by atoms with Crippen LogP contribution < -0.4 is 0 Å². The van der Waals surface area contributed by atoms with Gasteiger partial charge in [-0.3, -0.25) is 0 Å². The lowest BCUT2D eigenvalue weighted by Crippen LogP contribution is -2.58. The summed E-state index contributed by atoms with van der Waals surface area (Å²) in [6.45, 7) is 8.55. The van der Waals surface area contributed by atoms with Crippen molar-refractivity contribution < 1.29 is 10.2 Å². The number of hydrogen-bond donors (Lipinski definition) is 2. The fourth-order valence-electron chi connectivity index (χ4n) is 4.13. The van der Waals surface area contributed by atoms with Crippen LogP contribution in [-0.2, 0) is 0 Å². The van der Waals surface area contributed by atoms with Gasteiger partial charge in [0, 0.05) is 0 Å². The highest BCUT2D eigenvalue weighted by Crippen LogP contribution is 2.58. The Bertz CT molecular complexity index is 282. The van der Waals surface area contributed by atoms with E-state index in [1.165, 1.54) is 0 Å². The van der Waals surface area contributed by atoms with Gasteiger partial charge in [0.25, 0.3) is 0 Å². The second-order valence-corrected chi connectivity index (χ2v) is 7.36. The Hall–Kier alpha value is -0.0800. The lowest BCUT2D eigenvalue weighted by molar-refractivity contribution is -0.182. The molecule has 0 aromatic carbocycles. The zero-order valence-electron chi connectivity index (χ0n) is 11.1. The molecule has 0 heterocycles. The lowest BCUT2D eigenvalue weighted by Gasteiger charge is -2.58. The third-order valence-electron chi connectivity index (χ3n) is 5.21. The standard InChI is InChI=1S/C14H26O2/c1-12(2)8-10-13(3,11(15)9-12)6-5-7-14(10,4)16/h10-11,15-16H,5-9H2,1-4H3/t10-,11+,13+,14-/m0/s1. The molecule has 2 fully saturated rings. The molecule has 0 unspecified atom stereocenters. The zero-order valence-corrected chi connectivity index (χ0v) is 11.1. The van der Waals surface area contributed by atoms with Crippen LogP contribution in [0.5, 0.6) is 0 Å². The van der Waals surface area contributed by atoms with Gasteiger partial charge in [-0.2, -0.15) is 0 Å². The van der Waals surface area contributed by atoms with E-state index in [2.05, 4.69) is 20.8 Å². The van der Waals surface area contributed by atoms with E-state index >= 15 is 0 Å². The van der Waals surface area contributed by atoms with Crippen molar-refractivity contribution in [3.05, 3.63) is 0 Å². The predicted octanol–water partition coefficient (Wildman–Crippen LogP) is 2.72. The van der Waals surface area contributed by atoms with Gasteiger partial charge in [-0.1, -0.05) is 20.8 Å². The van der Waals surface area contributed by atoms with E-state index in [0.29, 0.717) is 0 Å². The summed E-state index contributed by atoms with van der Waals surface area (Å²) in [6, 6.07) is 0. The fraction of sp³-hybridized carbons (Fsp3) is 1.00. The Kier molecular flexibility index (Phi) is 2.67. The Labute approximate surface area is 99.1 Å². The number of fused-ring (bicyclic) bond motifs is 1. The molecule has 2 aliphatic carbocycles. The molecule has 2 nitrogen and oxygen atoms in total. The van der Waals surface area contributed by atoms with Crippen LogP contribution in [0.4, 0.5) is 0 Å². The first-order chi connectivity index (χ1) is 7.17. The quantitative estimate of drug-likeness (QED) is 0.667. The van der Waals surface area contributed by atoms with Crippen molar-refractivity contribution in [1.82, 2.24) is 0 Å². The van der Waals surface area contributed by atoms with E-state index in [4.69, 9.17) is 0 Å². The van der Waals surface area contributed by atoms with Crippen LogP contribution in [0.15, 0.2) is 0 Å². The Morgan fingerprint density at radius 3 is 2.25 bits per heavy atom. The number of aliphatic hydroxyl groups is 2. The zero-order chi connectivity index (χ0) is 12.2. The number of rotatable bonds is 0. The summed E-state index contributed by atoms with van der Waals surface area (Å²) in [6.07, 6.45) is 4.63. The van der Waals surface area contributed by atoms with Gasteiger partial charge < -0.3 is 10.2 Å². The summed E-state index contributed by atoms with van der Waals surface area (Å²) < 4.78 is 0. The first kappa shape index (κ1) is 12.4. The average molecular weight is 226 g/mol. The summed E-state index contributed by atoms with van der Waals surface area (Å²) in [5, 5.41) is 21.0. The third-order valence-corrected chi connectivity index (χ3v) is 5.21. The molecule has 2 heteroatoms. The van der Waals surface area contributed by atoms with Gasteiger partial charge in [-0.25, -0.2) is 0 Å². The Morgan fingerprint density at radius 1 is 1.00 bits per heavy atom. The molecular formula is C14H26O2. The third kappa shape index (κ3) is 1.80. The van der Waals surface area contributed by atoms with Crippen LogP contribution >= 0.6 is 0 Å². The summed E-state index contributed by atoms with van der Waals surface area (Å²) in [4.78, 5) is 0. The molecule has 16 heavy (non-hydrogen) atoms. The van der Waals surface area contributed by atoms with Crippen molar-refractivity contribution in [2.75, 3.05) is 0 Å². The molecule has 2 saturated carbocycles. The second-order valence-electron chi connectivity index (χ2n) is 7.36. The highest BCUT2D eigenvalue weighted by Gasteiger charge is 2.56. The molecule has 0 saturated heterocycles. The van der Waals surface area contributed by atoms with Crippen LogP contribution in [-0.4, -0.2) is 21.9 Å². The molecule has 2 aliphatic rings. The molecule has 0 aromatic heterocycles. The van der Waals surface area contributed by atoms with Gasteiger partial charge in [0.2, 0.25) is 0 Å². The number of aliphatic hydroxyl groups excluding tert-OH is 1. The van der Waals surface area contributed by atoms with E-state index in [1.54, 1.807) is 0 Å². The molecule has 0 aliphatic heterocycles. The van der Waals surface area contributed by atoms with Crippen molar-refractivity contribution in [3.8, 4) is 0 Å². The van der Waals surface area contributed by atoms with Crippen LogP contribution in [0.25, 0.3) is 0 Å². The minimum atomic E-state index is -0.592. The van der Waals surface area contributed by atoms with Gasteiger partial charge in [-0.05, 0) is 55.8 Å². The van der Waals surface area contributed by atoms with Gasteiger partial charge >= 0.3 is 0 Å². The van der Waals surface area contributed by atoms with E-state index in [-0.39, 0.29) is 22.9 Å². The highest BCUT2D eigenvalue weighted by molar-refractivity contribution is 5.06. The minimum absolute atomic E-state index is 0.0722. The normalized spacial score (nSPS) is 52.1. The highest BCUT2D eigenvalue weighted by atomic mass is 16.3. The summed E-state index contributed by atoms with van der Waals surface area (Å²) >= 11 is 0. The molecular weight excluding hydrogens is 200 g/mol.